The van der Waals surface area contributed by atoms with E-state index in [1.54, 1.807) is 0 Å². The Morgan fingerprint density at radius 3 is 2.39 bits per heavy atom. The summed E-state index contributed by atoms with van der Waals surface area (Å²) in [6.45, 7) is 8.60. The summed E-state index contributed by atoms with van der Waals surface area (Å²) in [5, 5.41) is 3.48. The van der Waals surface area contributed by atoms with E-state index in [4.69, 9.17) is 4.74 Å². The smallest absolute Gasteiger partial charge is 0.327 e. The van der Waals surface area contributed by atoms with Gasteiger partial charge >= 0.3 is 5.97 Å². The second kappa shape index (κ2) is 6.80. The monoisotopic (exact) mass is 273 g/mol. The summed E-state index contributed by atoms with van der Waals surface area (Å²) in [5.41, 5.74) is -0.470. The molecule has 18 heavy (non-hydrogen) atoms. The number of esters is 1. The zero-order chi connectivity index (χ0) is 13.8. The minimum absolute atomic E-state index is 0.0880. The van der Waals surface area contributed by atoms with Crippen molar-refractivity contribution in [3.8, 4) is 0 Å². The van der Waals surface area contributed by atoms with E-state index in [1.807, 2.05) is 11.8 Å². The molecule has 4 heteroatoms. The third-order valence-corrected chi connectivity index (χ3v) is 4.71. The molecule has 0 aliphatic heterocycles. The van der Waals surface area contributed by atoms with Gasteiger partial charge in [0, 0.05) is 11.8 Å². The van der Waals surface area contributed by atoms with E-state index < -0.39 is 5.54 Å². The molecule has 1 unspecified atom stereocenters. The summed E-state index contributed by atoms with van der Waals surface area (Å²) in [6.07, 6.45) is 2.27. The van der Waals surface area contributed by atoms with Gasteiger partial charge in [0.15, 0.2) is 0 Å². The van der Waals surface area contributed by atoms with E-state index in [0.717, 1.165) is 24.3 Å². The molecule has 1 N–H and O–H groups in total. The molecule has 0 bridgehead atoms. The van der Waals surface area contributed by atoms with Crippen molar-refractivity contribution in [1.82, 2.24) is 5.32 Å². The molecule has 0 radical (unpaired) electrons. The first-order chi connectivity index (χ1) is 8.42. The van der Waals surface area contributed by atoms with Gasteiger partial charge in [0.1, 0.15) is 5.54 Å². The van der Waals surface area contributed by atoms with Gasteiger partial charge in [-0.3, -0.25) is 10.1 Å². The van der Waals surface area contributed by atoms with Crippen molar-refractivity contribution < 1.29 is 9.53 Å². The summed E-state index contributed by atoms with van der Waals surface area (Å²) in [7, 11) is 1.49. The fourth-order valence-electron chi connectivity index (χ4n) is 2.29. The van der Waals surface area contributed by atoms with E-state index >= 15 is 0 Å². The van der Waals surface area contributed by atoms with Gasteiger partial charge < -0.3 is 4.74 Å². The third kappa shape index (κ3) is 4.16. The lowest BCUT2D eigenvalue weighted by atomic mass is 9.94. The molecule has 1 rings (SSSR count). The van der Waals surface area contributed by atoms with Gasteiger partial charge in [-0.05, 0) is 44.3 Å². The van der Waals surface area contributed by atoms with Gasteiger partial charge in [0.05, 0.1) is 7.11 Å². The van der Waals surface area contributed by atoms with Crippen molar-refractivity contribution in [3.63, 3.8) is 0 Å². The predicted octanol–water partition coefficient (Wildman–Crippen LogP) is 2.70. The first kappa shape index (κ1) is 15.8. The molecule has 106 valence electrons. The Morgan fingerprint density at radius 1 is 1.39 bits per heavy atom. The highest BCUT2D eigenvalue weighted by molar-refractivity contribution is 7.99. The van der Waals surface area contributed by atoms with Crippen LogP contribution in [0.3, 0.4) is 0 Å². The van der Waals surface area contributed by atoms with Crippen molar-refractivity contribution in [3.05, 3.63) is 0 Å². The quantitative estimate of drug-likeness (QED) is 0.690. The van der Waals surface area contributed by atoms with Crippen LogP contribution >= 0.6 is 11.8 Å². The van der Waals surface area contributed by atoms with Crippen molar-refractivity contribution >= 4 is 17.7 Å². The van der Waals surface area contributed by atoms with Crippen LogP contribution in [0.4, 0.5) is 0 Å². The molecule has 0 aromatic rings. The number of ether oxygens (including phenoxy) is 1. The van der Waals surface area contributed by atoms with Gasteiger partial charge in [-0.2, -0.15) is 11.8 Å². The average molecular weight is 273 g/mol. The summed E-state index contributed by atoms with van der Waals surface area (Å²) < 4.78 is 5.06. The topological polar surface area (TPSA) is 38.3 Å². The van der Waals surface area contributed by atoms with Gasteiger partial charge in [-0.25, -0.2) is 0 Å². The molecule has 0 spiro atoms. The molecule has 0 aromatic carbocycles. The zero-order valence-electron chi connectivity index (χ0n) is 12.3. The first-order valence-electron chi connectivity index (χ1n) is 6.86. The van der Waals surface area contributed by atoms with Crippen molar-refractivity contribution in [2.45, 2.75) is 52.1 Å². The van der Waals surface area contributed by atoms with Crippen LogP contribution in [0.25, 0.3) is 0 Å². The highest BCUT2D eigenvalue weighted by atomic mass is 32.2. The number of hydrogen-bond donors (Lipinski definition) is 1. The van der Waals surface area contributed by atoms with Crippen LogP contribution in [0.5, 0.6) is 0 Å². The average Bonchev–Trinajstić information content (AvgIpc) is 3.09. The van der Waals surface area contributed by atoms with E-state index in [9.17, 15) is 4.79 Å². The van der Waals surface area contributed by atoms with E-state index in [-0.39, 0.29) is 5.97 Å². The van der Waals surface area contributed by atoms with Crippen LogP contribution in [0, 0.1) is 11.8 Å². The maximum Gasteiger partial charge on any atom is 0.327 e. The van der Waals surface area contributed by atoms with Crippen LogP contribution < -0.4 is 5.32 Å². The number of hydrogen-bond acceptors (Lipinski definition) is 4. The SMILES string of the molecule is COC(=O)C(CSCC(C)C)(NC(C)C)C1CC1. The Bertz CT molecular complexity index is 277. The van der Waals surface area contributed by atoms with E-state index in [2.05, 4.69) is 33.0 Å². The maximum atomic E-state index is 12.2. The third-order valence-electron chi connectivity index (χ3n) is 3.15. The largest absolute Gasteiger partial charge is 0.468 e. The second-order valence-electron chi connectivity index (χ2n) is 5.95. The van der Waals surface area contributed by atoms with Gasteiger partial charge in [-0.1, -0.05) is 13.8 Å². The van der Waals surface area contributed by atoms with Crippen LogP contribution in [-0.2, 0) is 9.53 Å². The number of carbonyl (C=O) groups excluding carboxylic acids is 1. The summed E-state index contributed by atoms with van der Waals surface area (Å²) in [6, 6.07) is 0.296. The van der Waals surface area contributed by atoms with Crippen LogP contribution in [0.15, 0.2) is 0 Å². The molecule has 1 fully saturated rings. The molecule has 0 heterocycles. The van der Waals surface area contributed by atoms with Gasteiger partial charge in [0.25, 0.3) is 0 Å². The lowest BCUT2D eigenvalue weighted by Crippen LogP contribution is -2.59. The molecular weight excluding hydrogens is 246 g/mol. The lowest BCUT2D eigenvalue weighted by molar-refractivity contribution is -0.148. The number of carbonyl (C=O) groups is 1. The normalized spacial score (nSPS) is 19.1. The van der Waals surface area contributed by atoms with Crippen LogP contribution in [-0.4, -0.2) is 36.2 Å². The molecule has 3 nitrogen and oxygen atoms in total. The second-order valence-corrected chi connectivity index (χ2v) is 6.98. The van der Waals surface area contributed by atoms with Crippen molar-refractivity contribution in [2.75, 3.05) is 18.6 Å². The highest BCUT2D eigenvalue weighted by Crippen LogP contribution is 2.42. The Hall–Kier alpha value is -0.220. The molecule has 1 saturated carbocycles. The Kier molecular flexibility index (Phi) is 5.99. The molecule has 1 atom stereocenters. The van der Waals surface area contributed by atoms with Crippen molar-refractivity contribution in [2.24, 2.45) is 11.8 Å². The molecule has 0 saturated heterocycles. The number of methoxy groups -OCH3 is 1. The molecule has 1 aliphatic carbocycles. The van der Waals surface area contributed by atoms with Crippen LogP contribution in [0.2, 0.25) is 0 Å². The van der Waals surface area contributed by atoms with E-state index in [1.165, 1.54) is 7.11 Å². The minimum atomic E-state index is -0.470. The standard InChI is InChI=1S/C14H27NO2S/c1-10(2)8-18-9-14(12-6-7-12,13(16)17-5)15-11(3)4/h10-12,15H,6-9H2,1-5H3. The zero-order valence-corrected chi connectivity index (χ0v) is 13.1. The number of thioether (sulfide) groups is 1. The Balaban J connectivity index is 2.73. The van der Waals surface area contributed by atoms with Crippen molar-refractivity contribution in [1.29, 1.82) is 0 Å². The van der Waals surface area contributed by atoms with Crippen LogP contribution in [0.1, 0.15) is 40.5 Å². The summed E-state index contributed by atoms with van der Waals surface area (Å²) in [4.78, 5) is 12.2. The van der Waals surface area contributed by atoms with Gasteiger partial charge in [0.2, 0.25) is 0 Å². The fraction of sp³-hybridized carbons (Fsp3) is 0.929. The summed E-state index contributed by atoms with van der Waals surface area (Å²) >= 11 is 1.86. The predicted molar refractivity (Wildman–Crippen MR) is 77.9 cm³/mol. The number of rotatable bonds is 8. The van der Waals surface area contributed by atoms with E-state index in [0.29, 0.717) is 17.9 Å². The highest BCUT2D eigenvalue weighted by Gasteiger charge is 2.51. The molecule has 1 aliphatic rings. The first-order valence-corrected chi connectivity index (χ1v) is 8.01. The molecule has 0 aromatic heterocycles. The Labute approximate surface area is 115 Å². The molecular formula is C14H27NO2S. The number of nitrogens with one attached hydrogen (secondary N) is 1. The maximum absolute atomic E-state index is 12.2. The lowest BCUT2D eigenvalue weighted by Gasteiger charge is -2.34. The fourth-order valence-corrected chi connectivity index (χ4v) is 3.64. The minimum Gasteiger partial charge on any atom is -0.468 e. The Morgan fingerprint density at radius 2 is 2.00 bits per heavy atom. The molecule has 0 amide bonds. The van der Waals surface area contributed by atoms with Gasteiger partial charge in [-0.15, -0.1) is 0 Å². The summed E-state index contributed by atoms with van der Waals surface area (Å²) in [5.74, 6) is 2.93.